The van der Waals surface area contributed by atoms with Crippen LogP contribution >= 0.6 is 11.5 Å². The third-order valence-corrected chi connectivity index (χ3v) is 3.33. The second-order valence-electron chi connectivity index (χ2n) is 4.27. The number of anilines is 2. The van der Waals surface area contributed by atoms with E-state index >= 15 is 0 Å². The molecule has 6 nitrogen and oxygen atoms in total. The van der Waals surface area contributed by atoms with E-state index in [4.69, 9.17) is 0 Å². The maximum Gasteiger partial charge on any atom is 0.324 e. The first kappa shape index (κ1) is 14.4. The third-order valence-electron chi connectivity index (χ3n) is 2.75. The van der Waals surface area contributed by atoms with E-state index in [-0.39, 0.29) is 12.1 Å². The highest BCUT2D eigenvalue weighted by molar-refractivity contribution is 7.10. The molecule has 0 fully saturated rings. The lowest BCUT2D eigenvalue weighted by Gasteiger charge is -2.14. The number of urea groups is 1. The molecule has 1 unspecified atom stereocenters. The largest absolute Gasteiger partial charge is 0.324 e. The Hall–Kier alpha value is -1.99. The van der Waals surface area contributed by atoms with Crippen LogP contribution in [-0.4, -0.2) is 22.2 Å². The Morgan fingerprint density at radius 1 is 1.40 bits per heavy atom. The number of benzene rings is 1. The van der Waals surface area contributed by atoms with Gasteiger partial charge in [-0.1, -0.05) is 23.5 Å². The van der Waals surface area contributed by atoms with Crippen LogP contribution in [0.3, 0.4) is 0 Å². The van der Waals surface area contributed by atoms with Gasteiger partial charge in [-0.15, -0.1) is 5.10 Å². The highest BCUT2D eigenvalue weighted by Crippen LogP contribution is 2.18. The lowest BCUT2D eigenvalue weighted by Crippen LogP contribution is -2.20. The number of hydrogen-bond donors (Lipinski definition) is 3. The molecule has 0 aliphatic carbocycles. The molecule has 1 aromatic carbocycles. The summed E-state index contributed by atoms with van der Waals surface area (Å²) in [6.45, 7) is 5.05. The van der Waals surface area contributed by atoms with Crippen LogP contribution in [0.5, 0.6) is 0 Å². The number of nitrogens with one attached hydrogen (secondary N) is 3. The van der Waals surface area contributed by atoms with E-state index in [9.17, 15) is 4.79 Å². The number of nitrogens with zero attached hydrogens (tertiary/aromatic N) is 2. The van der Waals surface area contributed by atoms with Gasteiger partial charge < -0.3 is 10.6 Å². The Balaban J connectivity index is 1.98. The third kappa shape index (κ3) is 4.01. The van der Waals surface area contributed by atoms with Crippen molar-refractivity contribution in [2.24, 2.45) is 0 Å². The molecule has 3 N–H and O–H groups in total. The Morgan fingerprint density at radius 2 is 2.25 bits per heavy atom. The first-order valence-corrected chi connectivity index (χ1v) is 7.15. The molecule has 0 aliphatic heterocycles. The van der Waals surface area contributed by atoms with Crippen molar-refractivity contribution in [2.75, 3.05) is 17.2 Å². The van der Waals surface area contributed by atoms with Crippen LogP contribution in [0.2, 0.25) is 0 Å². The van der Waals surface area contributed by atoms with Gasteiger partial charge in [0.15, 0.2) is 0 Å². The molecule has 1 atom stereocenters. The Morgan fingerprint density at radius 3 is 2.95 bits per heavy atom. The van der Waals surface area contributed by atoms with Gasteiger partial charge in [0.05, 0.1) is 6.20 Å². The van der Waals surface area contributed by atoms with E-state index in [1.165, 1.54) is 6.20 Å². The van der Waals surface area contributed by atoms with Crippen molar-refractivity contribution in [1.29, 1.82) is 0 Å². The zero-order valence-electron chi connectivity index (χ0n) is 11.4. The van der Waals surface area contributed by atoms with Crippen molar-refractivity contribution in [2.45, 2.75) is 19.9 Å². The predicted molar refractivity (Wildman–Crippen MR) is 81.1 cm³/mol. The summed E-state index contributed by atoms with van der Waals surface area (Å²) >= 11 is 1.13. The summed E-state index contributed by atoms with van der Waals surface area (Å²) in [6.07, 6.45) is 1.51. The van der Waals surface area contributed by atoms with E-state index in [2.05, 4.69) is 39.4 Å². The summed E-state index contributed by atoms with van der Waals surface area (Å²) in [4.78, 5) is 11.8. The van der Waals surface area contributed by atoms with Crippen LogP contribution in [0.15, 0.2) is 30.5 Å². The fourth-order valence-corrected chi connectivity index (χ4v) is 2.22. The average molecular weight is 291 g/mol. The van der Waals surface area contributed by atoms with Gasteiger partial charge in [0.1, 0.15) is 5.00 Å². The first-order chi connectivity index (χ1) is 9.69. The summed E-state index contributed by atoms with van der Waals surface area (Å²) in [5, 5.41) is 13.1. The second-order valence-corrected chi connectivity index (χ2v) is 5.05. The van der Waals surface area contributed by atoms with Crippen molar-refractivity contribution in [1.82, 2.24) is 14.9 Å². The minimum atomic E-state index is -0.302. The average Bonchev–Trinajstić information content (AvgIpc) is 2.92. The molecule has 0 saturated carbocycles. The molecular weight excluding hydrogens is 274 g/mol. The van der Waals surface area contributed by atoms with Gasteiger partial charge in [0, 0.05) is 23.3 Å². The summed E-state index contributed by atoms with van der Waals surface area (Å²) < 4.78 is 3.68. The Labute approximate surface area is 121 Å². The zero-order valence-corrected chi connectivity index (χ0v) is 12.2. The monoisotopic (exact) mass is 291 g/mol. The van der Waals surface area contributed by atoms with E-state index in [1.807, 2.05) is 24.3 Å². The number of carbonyl (C=O) groups is 1. The lowest BCUT2D eigenvalue weighted by atomic mass is 10.1. The highest BCUT2D eigenvalue weighted by atomic mass is 32.1. The zero-order chi connectivity index (χ0) is 14.4. The standard InChI is InChI=1S/C13H17N5OS/c1-3-14-9(2)10-5-4-6-11(7-10)16-13(19)17-12-8-15-18-20-12/h4-9,14H,3H2,1-2H3,(H2,16,17,19). The minimum Gasteiger partial charge on any atom is -0.310 e. The normalized spacial score (nSPS) is 11.9. The fraction of sp³-hybridized carbons (Fsp3) is 0.308. The molecule has 1 heterocycles. The number of rotatable bonds is 5. The number of carbonyl (C=O) groups excluding carboxylic acids is 1. The van der Waals surface area contributed by atoms with Gasteiger partial charge in [0.2, 0.25) is 0 Å². The smallest absolute Gasteiger partial charge is 0.310 e. The molecule has 2 aromatic rings. The van der Waals surface area contributed by atoms with Gasteiger partial charge in [-0.25, -0.2) is 4.79 Å². The highest BCUT2D eigenvalue weighted by Gasteiger charge is 2.07. The molecule has 2 rings (SSSR count). The maximum absolute atomic E-state index is 11.8. The topological polar surface area (TPSA) is 78.9 Å². The Kier molecular flexibility index (Phi) is 5.03. The second kappa shape index (κ2) is 6.97. The van der Waals surface area contributed by atoms with Crippen LogP contribution in [0.4, 0.5) is 15.5 Å². The Bertz CT molecular complexity index is 558. The SMILES string of the molecule is CCNC(C)c1cccc(NC(=O)Nc2cnns2)c1. The molecule has 0 aliphatic rings. The molecule has 1 aromatic heterocycles. The van der Waals surface area contributed by atoms with E-state index in [0.717, 1.165) is 29.3 Å². The van der Waals surface area contributed by atoms with Crippen molar-refractivity contribution in [3.05, 3.63) is 36.0 Å². The van der Waals surface area contributed by atoms with Gasteiger partial charge in [0.25, 0.3) is 0 Å². The lowest BCUT2D eigenvalue weighted by molar-refractivity contribution is 0.262. The molecule has 2 amide bonds. The van der Waals surface area contributed by atoms with Crippen molar-refractivity contribution < 1.29 is 4.79 Å². The molecule has 0 spiro atoms. The first-order valence-electron chi connectivity index (χ1n) is 6.37. The fourth-order valence-electron chi connectivity index (χ4n) is 1.81. The summed E-state index contributed by atoms with van der Waals surface area (Å²) in [5.41, 5.74) is 1.88. The maximum atomic E-state index is 11.8. The van der Waals surface area contributed by atoms with Crippen LogP contribution in [0, 0.1) is 0 Å². The van der Waals surface area contributed by atoms with Gasteiger partial charge in [-0.3, -0.25) is 5.32 Å². The van der Waals surface area contributed by atoms with Crippen molar-refractivity contribution >= 4 is 28.3 Å². The van der Waals surface area contributed by atoms with Gasteiger partial charge in [-0.2, -0.15) is 0 Å². The van der Waals surface area contributed by atoms with E-state index in [1.54, 1.807) is 0 Å². The summed E-state index contributed by atoms with van der Waals surface area (Å²) in [5.74, 6) is 0. The number of amides is 2. The summed E-state index contributed by atoms with van der Waals surface area (Å²) in [7, 11) is 0. The number of hydrogen-bond acceptors (Lipinski definition) is 5. The number of aromatic nitrogens is 2. The molecule has 0 radical (unpaired) electrons. The van der Waals surface area contributed by atoms with Crippen LogP contribution < -0.4 is 16.0 Å². The van der Waals surface area contributed by atoms with Crippen LogP contribution in [-0.2, 0) is 0 Å². The molecule has 20 heavy (non-hydrogen) atoms. The van der Waals surface area contributed by atoms with Crippen molar-refractivity contribution in [3.63, 3.8) is 0 Å². The quantitative estimate of drug-likeness (QED) is 0.791. The molecule has 0 bridgehead atoms. The van der Waals surface area contributed by atoms with E-state index in [0.29, 0.717) is 5.00 Å². The van der Waals surface area contributed by atoms with Crippen molar-refractivity contribution in [3.8, 4) is 0 Å². The molecule has 0 saturated heterocycles. The van der Waals surface area contributed by atoms with E-state index < -0.39 is 0 Å². The van der Waals surface area contributed by atoms with Crippen LogP contribution in [0.25, 0.3) is 0 Å². The van der Waals surface area contributed by atoms with Gasteiger partial charge in [-0.05, 0) is 31.2 Å². The molecule has 7 heteroatoms. The predicted octanol–water partition coefficient (Wildman–Crippen LogP) is 2.85. The summed E-state index contributed by atoms with van der Waals surface area (Å²) in [6, 6.07) is 7.71. The van der Waals surface area contributed by atoms with Crippen LogP contribution in [0.1, 0.15) is 25.5 Å². The minimum absolute atomic E-state index is 0.246. The molecular formula is C13H17N5OS. The molecule has 106 valence electrons. The van der Waals surface area contributed by atoms with Gasteiger partial charge >= 0.3 is 6.03 Å².